The van der Waals surface area contributed by atoms with Crippen LogP contribution in [-0.2, 0) is 9.59 Å². The van der Waals surface area contributed by atoms with Crippen LogP contribution in [0, 0.1) is 18.7 Å². The second-order valence-electron chi connectivity index (χ2n) is 9.72. The van der Waals surface area contributed by atoms with Crippen molar-refractivity contribution in [3.63, 3.8) is 0 Å². The third-order valence-electron chi connectivity index (χ3n) is 6.29. The Morgan fingerprint density at radius 2 is 1.83 bits per heavy atom. The zero-order valence-electron chi connectivity index (χ0n) is 21.7. The maximum atomic E-state index is 14.4. The lowest BCUT2D eigenvalue weighted by molar-refractivity contribution is -0.124. The SMILES string of the molecule is CC(C)C(=O)NC1CCCCC1.Cc1cnc(NC=O)cc1-c1cc(F)c2ncn(C(C)C)c2c1.I.[HH].[HH]. The van der Waals surface area contributed by atoms with Gasteiger partial charge in [-0.1, -0.05) is 33.1 Å². The molecule has 0 bridgehead atoms. The Kier molecular flexibility index (Phi) is 11.3. The van der Waals surface area contributed by atoms with Gasteiger partial charge < -0.3 is 15.2 Å². The Bertz CT molecular complexity index is 1180. The van der Waals surface area contributed by atoms with Crippen molar-refractivity contribution in [3.8, 4) is 11.1 Å². The summed E-state index contributed by atoms with van der Waals surface area (Å²) < 4.78 is 16.4. The Labute approximate surface area is 232 Å². The summed E-state index contributed by atoms with van der Waals surface area (Å²) in [5.74, 6) is 0.408. The standard InChI is InChI=1S/C17H17FN4O.C10H19NO.HI.2H2/c1-10(2)22-8-20-17-14(18)4-12(5-15(17)22)13-6-16(21-9-23)19-7-11(13)3;1-8(2)10(12)11-9-6-4-3-5-7-9;;;/h4-10H,1-3H3,(H,19,21,23);8-9H,3-7H2,1-2H3,(H,11,12);3*1H. The highest BCUT2D eigenvalue weighted by Gasteiger charge is 2.17. The third-order valence-corrected chi connectivity index (χ3v) is 6.29. The van der Waals surface area contributed by atoms with Gasteiger partial charge in [-0.05, 0) is 68.5 Å². The summed E-state index contributed by atoms with van der Waals surface area (Å²) >= 11 is 0. The van der Waals surface area contributed by atoms with Gasteiger partial charge in [0, 0.05) is 27.1 Å². The van der Waals surface area contributed by atoms with Crippen molar-refractivity contribution < 1.29 is 16.8 Å². The fourth-order valence-corrected chi connectivity index (χ4v) is 4.25. The van der Waals surface area contributed by atoms with Crippen LogP contribution in [0.25, 0.3) is 22.2 Å². The van der Waals surface area contributed by atoms with Gasteiger partial charge in [0.15, 0.2) is 5.82 Å². The van der Waals surface area contributed by atoms with Crippen LogP contribution < -0.4 is 10.6 Å². The molecule has 2 amide bonds. The highest BCUT2D eigenvalue weighted by molar-refractivity contribution is 14.0. The summed E-state index contributed by atoms with van der Waals surface area (Å²) in [6.07, 6.45) is 10.1. The molecule has 3 aromatic rings. The van der Waals surface area contributed by atoms with Gasteiger partial charge in [-0.2, -0.15) is 0 Å². The lowest BCUT2D eigenvalue weighted by Crippen LogP contribution is -2.38. The number of nitrogens with zero attached hydrogens (tertiary/aromatic N) is 3. The Hall–Kier alpha value is -2.56. The van der Waals surface area contributed by atoms with Gasteiger partial charge in [0.1, 0.15) is 11.3 Å². The van der Waals surface area contributed by atoms with Gasteiger partial charge >= 0.3 is 0 Å². The topological polar surface area (TPSA) is 88.9 Å². The minimum absolute atomic E-state index is 0. The number of aryl methyl sites for hydroxylation is 1. The molecule has 1 aliphatic carbocycles. The molecule has 200 valence electrons. The molecule has 7 nitrogen and oxygen atoms in total. The van der Waals surface area contributed by atoms with Crippen molar-refractivity contribution in [1.82, 2.24) is 19.9 Å². The molecule has 0 spiro atoms. The van der Waals surface area contributed by atoms with Crippen LogP contribution in [0.4, 0.5) is 10.2 Å². The molecule has 0 saturated heterocycles. The molecule has 1 saturated carbocycles. The zero-order valence-corrected chi connectivity index (χ0v) is 24.0. The molecule has 2 N–H and O–H groups in total. The van der Waals surface area contributed by atoms with Crippen molar-refractivity contribution in [1.29, 1.82) is 0 Å². The lowest BCUT2D eigenvalue weighted by atomic mass is 9.95. The van der Waals surface area contributed by atoms with Crippen LogP contribution in [0.2, 0.25) is 0 Å². The van der Waals surface area contributed by atoms with Crippen molar-refractivity contribution in [2.24, 2.45) is 5.92 Å². The molecular formula is C27H41FIN5O2. The maximum Gasteiger partial charge on any atom is 0.222 e. The van der Waals surface area contributed by atoms with Crippen molar-refractivity contribution >= 4 is 53.1 Å². The van der Waals surface area contributed by atoms with E-state index < -0.39 is 0 Å². The average molecular weight is 614 g/mol. The van der Waals surface area contributed by atoms with Gasteiger partial charge in [-0.3, -0.25) is 9.59 Å². The Balaban J connectivity index is 0.000000787. The van der Waals surface area contributed by atoms with Crippen molar-refractivity contribution in [2.75, 3.05) is 5.32 Å². The second-order valence-corrected chi connectivity index (χ2v) is 9.72. The Morgan fingerprint density at radius 1 is 1.14 bits per heavy atom. The number of aromatic nitrogens is 3. The normalized spacial score (nSPS) is 13.7. The van der Waals surface area contributed by atoms with E-state index in [9.17, 15) is 14.0 Å². The first-order valence-corrected chi connectivity index (χ1v) is 12.3. The number of pyridine rings is 1. The number of carbonyl (C=O) groups is 2. The number of carbonyl (C=O) groups excluding carboxylic acids is 2. The summed E-state index contributed by atoms with van der Waals surface area (Å²) in [5.41, 5.74) is 3.56. The van der Waals surface area contributed by atoms with E-state index in [4.69, 9.17) is 0 Å². The number of anilines is 1. The van der Waals surface area contributed by atoms with E-state index in [1.54, 1.807) is 18.6 Å². The maximum absolute atomic E-state index is 14.4. The highest BCUT2D eigenvalue weighted by atomic mass is 127. The molecule has 0 aliphatic heterocycles. The minimum Gasteiger partial charge on any atom is -0.353 e. The number of halogens is 2. The monoisotopic (exact) mass is 613 g/mol. The van der Waals surface area contributed by atoms with Crippen LogP contribution >= 0.6 is 24.0 Å². The molecule has 0 radical (unpaired) electrons. The molecule has 0 atom stereocenters. The first-order chi connectivity index (χ1) is 16.7. The first kappa shape index (κ1) is 29.7. The van der Waals surface area contributed by atoms with Crippen LogP contribution in [-0.4, -0.2) is 32.9 Å². The number of imidazole rings is 1. The van der Waals surface area contributed by atoms with E-state index in [1.807, 2.05) is 45.3 Å². The Morgan fingerprint density at radius 3 is 2.44 bits per heavy atom. The predicted octanol–water partition coefficient (Wildman–Crippen LogP) is 6.90. The summed E-state index contributed by atoms with van der Waals surface area (Å²) in [7, 11) is 0. The summed E-state index contributed by atoms with van der Waals surface area (Å²) in [5, 5.41) is 5.60. The molecule has 1 aromatic carbocycles. The largest absolute Gasteiger partial charge is 0.353 e. The number of nitrogens with one attached hydrogen (secondary N) is 2. The fraction of sp³-hybridized carbons (Fsp3) is 0.481. The quantitative estimate of drug-likeness (QED) is 0.234. The van der Waals surface area contributed by atoms with E-state index in [1.165, 1.54) is 38.2 Å². The molecule has 2 heterocycles. The molecule has 36 heavy (non-hydrogen) atoms. The van der Waals surface area contributed by atoms with Crippen LogP contribution in [0.5, 0.6) is 0 Å². The van der Waals surface area contributed by atoms with E-state index >= 15 is 0 Å². The molecule has 9 heteroatoms. The number of hydrogen-bond acceptors (Lipinski definition) is 4. The van der Waals surface area contributed by atoms with Gasteiger partial charge in [-0.25, -0.2) is 14.4 Å². The fourth-order valence-electron chi connectivity index (χ4n) is 4.25. The molecule has 4 rings (SSSR count). The second kappa shape index (κ2) is 13.7. The van der Waals surface area contributed by atoms with Crippen LogP contribution in [0.15, 0.2) is 30.7 Å². The number of rotatable bonds is 6. The summed E-state index contributed by atoms with van der Waals surface area (Å²) in [4.78, 5) is 30.2. The third kappa shape index (κ3) is 7.47. The van der Waals surface area contributed by atoms with E-state index in [-0.39, 0.29) is 50.5 Å². The number of benzene rings is 1. The zero-order chi connectivity index (χ0) is 25.5. The lowest BCUT2D eigenvalue weighted by Gasteiger charge is -2.23. The number of fused-ring (bicyclic) bond motifs is 1. The van der Waals surface area contributed by atoms with Gasteiger partial charge in [0.2, 0.25) is 12.3 Å². The molecule has 1 aliphatic rings. The van der Waals surface area contributed by atoms with E-state index in [0.29, 0.717) is 23.8 Å². The molecule has 0 unspecified atom stereocenters. The van der Waals surface area contributed by atoms with E-state index in [0.717, 1.165) is 22.2 Å². The number of hydrogen-bond donors (Lipinski definition) is 2. The van der Waals surface area contributed by atoms with Crippen LogP contribution in [0.1, 0.15) is 74.3 Å². The summed E-state index contributed by atoms with van der Waals surface area (Å²) in [6, 6.07) is 5.76. The first-order valence-electron chi connectivity index (χ1n) is 12.3. The van der Waals surface area contributed by atoms with Gasteiger partial charge in [-0.15, -0.1) is 24.0 Å². The van der Waals surface area contributed by atoms with Crippen LogP contribution in [0.3, 0.4) is 0 Å². The van der Waals surface area contributed by atoms with Gasteiger partial charge in [0.25, 0.3) is 0 Å². The average Bonchev–Trinajstić information content (AvgIpc) is 3.26. The predicted molar refractivity (Wildman–Crippen MR) is 157 cm³/mol. The molecule has 2 aromatic heterocycles. The molecule has 1 fully saturated rings. The highest BCUT2D eigenvalue weighted by Crippen LogP contribution is 2.30. The van der Waals surface area contributed by atoms with E-state index in [2.05, 4.69) is 20.6 Å². The van der Waals surface area contributed by atoms with Crippen molar-refractivity contribution in [2.45, 2.75) is 78.8 Å². The molecular weight excluding hydrogens is 572 g/mol. The minimum atomic E-state index is -0.363. The smallest absolute Gasteiger partial charge is 0.222 e. The van der Waals surface area contributed by atoms with Gasteiger partial charge in [0.05, 0.1) is 11.8 Å². The number of amides is 2. The summed E-state index contributed by atoms with van der Waals surface area (Å²) in [6.45, 7) is 9.83. The van der Waals surface area contributed by atoms with Crippen molar-refractivity contribution in [3.05, 3.63) is 42.1 Å².